The van der Waals surface area contributed by atoms with E-state index < -0.39 is 5.82 Å². The summed E-state index contributed by atoms with van der Waals surface area (Å²) >= 11 is 0. The Hall–Kier alpha value is -2.92. The van der Waals surface area contributed by atoms with E-state index in [0.717, 1.165) is 30.4 Å². The van der Waals surface area contributed by atoms with E-state index in [1.54, 1.807) is 6.07 Å². The van der Waals surface area contributed by atoms with Crippen LogP contribution in [0.4, 0.5) is 4.39 Å². The first-order chi connectivity index (χ1) is 12.2. The molecule has 0 aromatic heterocycles. The molecule has 0 spiro atoms. The summed E-state index contributed by atoms with van der Waals surface area (Å²) in [7, 11) is 0. The molecule has 0 saturated heterocycles. The number of nitriles is 1. The number of rotatable bonds is 3. The zero-order valence-corrected chi connectivity index (χ0v) is 14.1. The summed E-state index contributed by atoms with van der Waals surface area (Å²) in [5, 5.41) is 8.88. The lowest BCUT2D eigenvalue weighted by Gasteiger charge is -2.07. The zero-order valence-electron chi connectivity index (χ0n) is 14.1. The summed E-state index contributed by atoms with van der Waals surface area (Å²) < 4.78 is 13.9. The van der Waals surface area contributed by atoms with E-state index in [9.17, 15) is 4.39 Å². The maximum absolute atomic E-state index is 13.9. The topological polar surface area (TPSA) is 23.8 Å². The molecular weight excluding hydrogens is 309 g/mol. The first-order valence-electron chi connectivity index (χ1n) is 8.64. The van der Waals surface area contributed by atoms with Crippen molar-refractivity contribution in [2.45, 2.75) is 26.2 Å². The molecule has 0 N–H and O–H groups in total. The molecule has 3 aromatic rings. The van der Waals surface area contributed by atoms with E-state index in [2.05, 4.69) is 37.3 Å². The van der Waals surface area contributed by atoms with Crippen LogP contribution in [0, 0.1) is 17.1 Å². The van der Waals surface area contributed by atoms with E-state index in [1.807, 2.05) is 18.2 Å². The lowest BCUT2D eigenvalue weighted by molar-refractivity contribution is 0.624. The third-order valence-corrected chi connectivity index (χ3v) is 4.91. The second-order valence-electron chi connectivity index (χ2n) is 6.60. The Kier molecular flexibility index (Phi) is 3.86. The van der Waals surface area contributed by atoms with Crippen molar-refractivity contribution in [3.05, 3.63) is 82.7 Å². The van der Waals surface area contributed by atoms with Gasteiger partial charge in [0, 0.05) is 0 Å². The first-order valence-corrected chi connectivity index (χ1v) is 8.64. The molecule has 0 aliphatic heterocycles. The summed E-state index contributed by atoms with van der Waals surface area (Å²) in [4.78, 5) is 0. The molecular formula is C23H18FN. The van der Waals surface area contributed by atoms with Crippen LogP contribution in [0.5, 0.6) is 0 Å². The van der Waals surface area contributed by atoms with Gasteiger partial charge < -0.3 is 0 Å². The molecule has 0 atom stereocenters. The normalized spacial score (nSPS) is 11.7. The molecule has 0 unspecified atom stereocenters. The molecule has 25 heavy (non-hydrogen) atoms. The van der Waals surface area contributed by atoms with Crippen LogP contribution >= 0.6 is 0 Å². The van der Waals surface area contributed by atoms with E-state index in [-0.39, 0.29) is 5.56 Å². The maximum atomic E-state index is 13.9. The van der Waals surface area contributed by atoms with Gasteiger partial charge in [-0.15, -0.1) is 0 Å². The van der Waals surface area contributed by atoms with Crippen molar-refractivity contribution in [1.29, 1.82) is 5.26 Å². The van der Waals surface area contributed by atoms with Crippen LogP contribution in [0.25, 0.3) is 22.3 Å². The second-order valence-corrected chi connectivity index (χ2v) is 6.60. The highest BCUT2D eigenvalue weighted by molar-refractivity contribution is 5.80. The summed E-state index contributed by atoms with van der Waals surface area (Å²) in [5.41, 5.74) is 8.52. The van der Waals surface area contributed by atoms with Crippen molar-refractivity contribution >= 4 is 0 Å². The van der Waals surface area contributed by atoms with E-state index >= 15 is 0 Å². The predicted octanol–water partition coefficient (Wildman–Crippen LogP) is 5.89. The zero-order chi connectivity index (χ0) is 17.4. The average molecular weight is 327 g/mol. The van der Waals surface area contributed by atoms with Gasteiger partial charge in [0.25, 0.3) is 0 Å². The fourth-order valence-electron chi connectivity index (χ4n) is 3.67. The van der Waals surface area contributed by atoms with Crippen LogP contribution < -0.4 is 0 Å². The van der Waals surface area contributed by atoms with Gasteiger partial charge in [-0.05, 0) is 63.9 Å². The fraction of sp³-hybridized carbons (Fsp3) is 0.174. The fourth-order valence-corrected chi connectivity index (χ4v) is 3.67. The van der Waals surface area contributed by atoms with Gasteiger partial charge in [0.1, 0.15) is 11.9 Å². The van der Waals surface area contributed by atoms with Gasteiger partial charge in [0.15, 0.2) is 0 Å². The average Bonchev–Trinajstić information content (AvgIpc) is 2.98. The van der Waals surface area contributed by atoms with Gasteiger partial charge in [-0.3, -0.25) is 0 Å². The van der Waals surface area contributed by atoms with Crippen LogP contribution in [0.15, 0.2) is 54.6 Å². The van der Waals surface area contributed by atoms with Crippen molar-refractivity contribution in [3.63, 3.8) is 0 Å². The predicted molar refractivity (Wildman–Crippen MR) is 98.8 cm³/mol. The molecule has 0 heterocycles. The SMILES string of the molecule is CCCc1ccc2c(c1)Cc1cc(-c3ccc(C#N)c(F)c3)ccc1-2. The van der Waals surface area contributed by atoms with Crippen molar-refractivity contribution in [2.24, 2.45) is 0 Å². The van der Waals surface area contributed by atoms with Gasteiger partial charge in [0.2, 0.25) is 0 Å². The number of nitrogens with zero attached hydrogens (tertiary/aromatic N) is 1. The summed E-state index contributed by atoms with van der Waals surface area (Å²) in [6, 6.07) is 19.8. The molecule has 2 heteroatoms. The molecule has 1 nitrogen and oxygen atoms in total. The molecule has 122 valence electrons. The maximum Gasteiger partial charge on any atom is 0.141 e. The minimum Gasteiger partial charge on any atom is -0.206 e. The molecule has 0 amide bonds. The molecule has 0 fully saturated rings. The standard InChI is InChI=1S/C23H18FN/c1-2-3-15-4-8-21-19(10-15)12-20-11-16(7-9-22(20)21)17-5-6-18(14-25)23(24)13-17/h4-11,13H,2-3,12H2,1H3. The quantitative estimate of drug-likeness (QED) is 0.460. The lowest BCUT2D eigenvalue weighted by atomic mass is 9.98. The number of fused-ring (bicyclic) bond motifs is 3. The van der Waals surface area contributed by atoms with Crippen molar-refractivity contribution in [3.8, 4) is 28.3 Å². The second kappa shape index (κ2) is 6.18. The molecule has 1 aliphatic carbocycles. The number of halogens is 1. The van der Waals surface area contributed by atoms with Gasteiger partial charge in [-0.25, -0.2) is 4.39 Å². The summed E-state index contributed by atoms with van der Waals surface area (Å²) in [6.07, 6.45) is 3.19. The smallest absolute Gasteiger partial charge is 0.141 e. The monoisotopic (exact) mass is 327 g/mol. The van der Waals surface area contributed by atoms with Gasteiger partial charge in [-0.1, -0.05) is 55.8 Å². The van der Waals surface area contributed by atoms with E-state index in [0.29, 0.717) is 0 Å². The molecule has 0 saturated carbocycles. The van der Waals surface area contributed by atoms with Crippen LogP contribution in [0.3, 0.4) is 0 Å². The van der Waals surface area contributed by atoms with E-state index in [1.165, 1.54) is 33.9 Å². The summed E-state index contributed by atoms with van der Waals surface area (Å²) in [5.74, 6) is -0.465. The Morgan fingerprint density at radius 3 is 2.32 bits per heavy atom. The Balaban J connectivity index is 1.71. The highest BCUT2D eigenvalue weighted by Gasteiger charge is 2.19. The minimum atomic E-state index is -0.465. The number of hydrogen-bond acceptors (Lipinski definition) is 1. The summed E-state index contributed by atoms with van der Waals surface area (Å²) in [6.45, 7) is 2.20. The van der Waals surface area contributed by atoms with Crippen molar-refractivity contribution < 1.29 is 4.39 Å². The Morgan fingerprint density at radius 1 is 0.920 bits per heavy atom. The van der Waals surface area contributed by atoms with Gasteiger partial charge in [0.05, 0.1) is 5.56 Å². The number of benzene rings is 3. The molecule has 0 bridgehead atoms. The van der Waals surface area contributed by atoms with Crippen LogP contribution in [0.2, 0.25) is 0 Å². The molecule has 3 aromatic carbocycles. The van der Waals surface area contributed by atoms with Crippen LogP contribution in [0.1, 0.15) is 35.6 Å². The Labute approximate surface area is 147 Å². The molecule has 4 rings (SSSR count). The minimum absolute atomic E-state index is 0.0840. The molecule has 0 radical (unpaired) electrons. The largest absolute Gasteiger partial charge is 0.206 e. The Morgan fingerprint density at radius 2 is 1.60 bits per heavy atom. The van der Waals surface area contributed by atoms with Crippen molar-refractivity contribution in [1.82, 2.24) is 0 Å². The number of hydrogen-bond donors (Lipinski definition) is 0. The highest BCUT2D eigenvalue weighted by atomic mass is 19.1. The third kappa shape index (κ3) is 2.72. The van der Waals surface area contributed by atoms with Crippen molar-refractivity contribution in [2.75, 3.05) is 0 Å². The van der Waals surface area contributed by atoms with Gasteiger partial charge >= 0.3 is 0 Å². The first kappa shape index (κ1) is 15.6. The van der Waals surface area contributed by atoms with Crippen LogP contribution in [-0.2, 0) is 12.8 Å². The van der Waals surface area contributed by atoms with E-state index in [4.69, 9.17) is 5.26 Å². The van der Waals surface area contributed by atoms with Gasteiger partial charge in [-0.2, -0.15) is 5.26 Å². The van der Waals surface area contributed by atoms with Crippen LogP contribution in [-0.4, -0.2) is 0 Å². The molecule has 1 aliphatic rings. The third-order valence-electron chi connectivity index (χ3n) is 4.91. The lowest BCUT2D eigenvalue weighted by Crippen LogP contribution is -1.87. The highest BCUT2D eigenvalue weighted by Crippen LogP contribution is 2.39. The number of aryl methyl sites for hydroxylation is 1. The Bertz CT molecular complexity index is 1010.